The van der Waals surface area contributed by atoms with E-state index in [1.165, 1.54) is 6.42 Å². The summed E-state index contributed by atoms with van der Waals surface area (Å²) >= 11 is 12.0. The molecule has 0 radical (unpaired) electrons. The van der Waals surface area contributed by atoms with Crippen molar-refractivity contribution in [3.05, 3.63) is 33.8 Å². The van der Waals surface area contributed by atoms with Gasteiger partial charge in [0, 0.05) is 29.7 Å². The van der Waals surface area contributed by atoms with Crippen LogP contribution in [-0.4, -0.2) is 42.4 Å². The van der Waals surface area contributed by atoms with Crippen molar-refractivity contribution in [3.63, 3.8) is 0 Å². The average Bonchev–Trinajstić information content (AvgIpc) is 2.35. The first-order valence-corrected chi connectivity index (χ1v) is 8.50. The van der Waals surface area contributed by atoms with Gasteiger partial charge < -0.3 is 4.90 Å². The summed E-state index contributed by atoms with van der Waals surface area (Å²) in [5, 5.41) is 1.25. The number of hydrogen-bond donors (Lipinski definition) is 0. The van der Waals surface area contributed by atoms with Crippen molar-refractivity contribution < 1.29 is 4.79 Å². The van der Waals surface area contributed by atoms with E-state index in [4.69, 9.17) is 23.2 Å². The van der Waals surface area contributed by atoms with Crippen LogP contribution in [0.3, 0.4) is 0 Å². The summed E-state index contributed by atoms with van der Waals surface area (Å²) in [5.74, 6) is 1.38. The van der Waals surface area contributed by atoms with E-state index in [-0.39, 0.29) is 5.91 Å². The zero-order valence-electron chi connectivity index (χ0n) is 13.5. The molecule has 3 nitrogen and oxygen atoms in total. The Morgan fingerprint density at radius 1 is 1.18 bits per heavy atom. The second-order valence-electron chi connectivity index (χ2n) is 6.69. The lowest BCUT2D eigenvalue weighted by atomic mass is 9.92. The quantitative estimate of drug-likeness (QED) is 0.827. The minimum Gasteiger partial charge on any atom is -0.341 e. The molecule has 0 aliphatic carbocycles. The van der Waals surface area contributed by atoms with Crippen molar-refractivity contribution >= 4 is 29.1 Å². The maximum atomic E-state index is 12.5. The minimum atomic E-state index is 0.203. The van der Waals surface area contributed by atoms with E-state index >= 15 is 0 Å². The van der Waals surface area contributed by atoms with Crippen LogP contribution in [0.15, 0.2) is 18.2 Å². The zero-order valence-corrected chi connectivity index (χ0v) is 15.0. The number of carbonyl (C=O) groups excluding carboxylic acids is 1. The molecule has 0 aromatic heterocycles. The molecule has 1 aromatic carbocycles. The lowest BCUT2D eigenvalue weighted by molar-refractivity contribution is -0.134. The van der Waals surface area contributed by atoms with Gasteiger partial charge in [0.1, 0.15) is 0 Å². The highest BCUT2D eigenvalue weighted by Gasteiger charge is 2.25. The van der Waals surface area contributed by atoms with Crippen LogP contribution in [0.5, 0.6) is 0 Å². The lowest BCUT2D eigenvalue weighted by Gasteiger charge is -2.35. The highest BCUT2D eigenvalue weighted by molar-refractivity contribution is 6.34. The Morgan fingerprint density at radius 3 is 2.27 bits per heavy atom. The lowest BCUT2D eigenvalue weighted by Crippen LogP contribution is -2.46. The predicted octanol–water partition coefficient (Wildman–Crippen LogP) is 3.93. The van der Waals surface area contributed by atoms with E-state index in [1.54, 1.807) is 6.07 Å². The van der Waals surface area contributed by atoms with Gasteiger partial charge in [0.05, 0.1) is 6.54 Å². The summed E-state index contributed by atoms with van der Waals surface area (Å²) in [7, 11) is 1.95. The number of halogens is 2. The summed E-state index contributed by atoms with van der Waals surface area (Å²) in [6, 6.07) is 5.49. The first-order chi connectivity index (χ1) is 10.3. The molecule has 1 fully saturated rings. The summed E-state index contributed by atoms with van der Waals surface area (Å²) < 4.78 is 0. The Hall–Kier alpha value is -0.770. The van der Waals surface area contributed by atoms with Gasteiger partial charge in [0.15, 0.2) is 0 Å². The first-order valence-electron chi connectivity index (χ1n) is 7.74. The fourth-order valence-electron chi connectivity index (χ4n) is 3.27. The van der Waals surface area contributed by atoms with E-state index < -0.39 is 0 Å². The van der Waals surface area contributed by atoms with E-state index in [0.29, 0.717) is 35.0 Å². The van der Waals surface area contributed by atoms with Crippen LogP contribution in [0, 0.1) is 11.8 Å². The molecule has 2 rings (SSSR count). The van der Waals surface area contributed by atoms with Crippen molar-refractivity contribution in [2.75, 3.05) is 26.7 Å². The summed E-state index contributed by atoms with van der Waals surface area (Å²) in [6.45, 7) is 7.26. The number of carbonyl (C=O) groups is 1. The number of benzene rings is 1. The number of amides is 1. The molecule has 0 spiro atoms. The van der Waals surface area contributed by atoms with Crippen LogP contribution >= 0.6 is 23.2 Å². The fraction of sp³-hybridized carbons (Fsp3) is 0.588. The van der Waals surface area contributed by atoms with Gasteiger partial charge in [-0.3, -0.25) is 9.69 Å². The van der Waals surface area contributed by atoms with Crippen molar-refractivity contribution in [2.24, 2.45) is 11.8 Å². The van der Waals surface area contributed by atoms with E-state index in [2.05, 4.69) is 13.8 Å². The Kier molecular flexibility index (Phi) is 6.13. The molecule has 1 aliphatic rings. The van der Waals surface area contributed by atoms with Gasteiger partial charge >= 0.3 is 0 Å². The van der Waals surface area contributed by atoms with Crippen LogP contribution in [0.2, 0.25) is 10.0 Å². The van der Waals surface area contributed by atoms with E-state index in [1.807, 2.05) is 29.0 Å². The molecule has 1 amide bonds. The fourth-order valence-corrected chi connectivity index (χ4v) is 3.84. The van der Waals surface area contributed by atoms with E-state index in [9.17, 15) is 4.79 Å². The normalized spacial score (nSPS) is 22.2. The number of nitrogens with zero attached hydrogens (tertiary/aromatic N) is 2. The maximum absolute atomic E-state index is 12.5. The molecular formula is C17H24Cl2N2O. The highest BCUT2D eigenvalue weighted by Crippen LogP contribution is 2.22. The topological polar surface area (TPSA) is 23.6 Å². The molecule has 2 unspecified atom stereocenters. The molecule has 1 aromatic rings. The highest BCUT2D eigenvalue weighted by atomic mass is 35.5. The largest absolute Gasteiger partial charge is 0.341 e. The molecule has 1 heterocycles. The minimum absolute atomic E-state index is 0.203. The van der Waals surface area contributed by atoms with Gasteiger partial charge in [-0.2, -0.15) is 0 Å². The molecule has 5 heteroatoms. The SMILES string of the molecule is CC1CC(C)CN(C(=O)CN(C)Cc2cc(Cl)cc(Cl)c2)C1. The van der Waals surface area contributed by atoms with Crippen molar-refractivity contribution in [2.45, 2.75) is 26.8 Å². The van der Waals surface area contributed by atoms with Crippen LogP contribution in [0.25, 0.3) is 0 Å². The van der Waals surface area contributed by atoms with Crippen LogP contribution in [-0.2, 0) is 11.3 Å². The number of likely N-dealkylation sites (N-methyl/N-ethyl adjacent to an activating group) is 1. The third-order valence-electron chi connectivity index (χ3n) is 4.00. The first kappa shape index (κ1) is 17.6. The third kappa shape index (κ3) is 5.15. The van der Waals surface area contributed by atoms with Crippen molar-refractivity contribution in [1.29, 1.82) is 0 Å². The molecule has 0 bridgehead atoms. The summed E-state index contributed by atoms with van der Waals surface area (Å²) in [6.07, 6.45) is 1.21. The van der Waals surface area contributed by atoms with Gasteiger partial charge in [-0.1, -0.05) is 37.0 Å². The zero-order chi connectivity index (χ0) is 16.3. The summed E-state index contributed by atoms with van der Waals surface area (Å²) in [4.78, 5) is 16.5. The van der Waals surface area contributed by atoms with Crippen LogP contribution in [0.1, 0.15) is 25.8 Å². The molecule has 122 valence electrons. The number of rotatable bonds is 4. The van der Waals surface area contributed by atoms with Gasteiger partial charge in [-0.25, -0.2) is 0 Å². The van der Waals surface area contributed by atoms with Crippen LogP contribution < -0.4 is 0 Å². The Balaban J connectivity index is 1.90. The van der Waals surface area contributed by atoms with Gasteiger partial charge in [0.25, 0.3) is 0 Å². The summed E-state index contributed by atoms with van der Waals surface area (Å²) in [5.41, 5.74) is 1.02. The number of piperidine rings is 1. The van der Waals surface area contributed by atoms with Gasteiger partial charge in [-0.05, 0) is 49.1 Å². The third-order valence-corrected chi connectivity index (χ3v) is 4.44. The average molecular weight is 343 g/mol. The Morgan fingerprint density at radius 2 is 1.73 bits per heavy atom. The Labute approximate surface area is 143 Å². The second kappa shape index (κ2) is 7.67. The molecule has 0 saturated carbocycles. The molecule has 1 saturated heterocycles. The monoisotopic (exact) mass is 342 g/mol. The molecule has 0 N–H and O–H groups in total. The predicted molar refractivity (Wildman–Crippen MR) is 92.3 cm³/mol. The molecule has 22 heavy (non-hydrogen) atoms. The maximum Gasteiger partial charge on any atom is 0.236 e. The van der Waals surface area contributed by atoms with Gasteiger partial charge in [0.2, 0.25) is 5.91 Å². The Bertz CT molecular complexity index is 505. The van der Waals surface area contributed by atoms with Crippen LogP contribution in [0.4, 0.5) is 0 Å². The number of likely N-dealkylation sites (tertiary alicyclic amines) is 1. The van der Waals surface area contributed by atoms with Crippen molar-refractivity contribution in [1.82, 2.24) is 9.80 Å². The standard InChI is InChI=1S/C17H24Cl2N2O/c1-12-4-13(2)9-21(8-12)17(22)11-20(3)10-14-5-15(18)7-16(19)6-14/h5-7,12-13H,4,8-11H2,1-3H3. The molecule has 2 atom stereocenters. The molecular weight excluding hydrogens is 319 g/mol. The van der Waals surface area contributed by atoms with E-state index in [0.717, 1.165) is 18.7 Å². The van der Waals surface area contributed by atoms with Gasteiger partial charge in [-0.15, -0.1) is 0 Å². The van der Waals surface area contributed by atoms with Crippen molar-refractivity contribution in [3.8, 4) is 0 Å². The smallest absolute Gasteiger partial charge is 0.236 e. The number of hydrogen-bond acceptors (Lipinski definition) is 2. The molecule has 1 aliphatic heterocycles. The second-order valence-corrected chi connectivity index (χ2v) is 7.57.